The van der Waals surface area contributed by atoms with Crippen LogP contribution >= 0.6 is 11.6 Å². The van der Waals surface area contributed by atoms with E-state index in [0.29, 0.717) is 51.8 Å². The zero-order valence-corrected chi connectivity index (χ0v) is 20.8. The van der Waals surface area contributed by atoms with E-state index in [0.717, 1.165) is 11.3 Å². The molecule has 0 spiro atoms. The van der Waals surface area contributed by atoms with Crippen LogP contribution in [0.5, 0.6) is 11.5 Å². The Morgan fingerprint density at radius 2 is 1.86 bits per heavy atom. The van der Waals surface area contributed by atoms with Crippen LogP contribution in [0.1, 0.15) is 56.6 Å². The monoisotopic (exact) mass is 493 g/mol. The Hall–Kier alpha value is -3.25. The zero-order chi connectivity index (χ0) is 24.7. The van der Waals surface area contributed by atoms with Gasteiger partial charge in [0.1, 0.15) is 0 Å². The summed E-state index contributed by atoms with van der Waals surface area (Å²) in [6.07, 6.45) is 1.02. The van der Waals surface area contributed by atoms with Gasteiger partial charge in [0.25, 0.3) is 0 Å². The molecule has 0 bridgehead atoms. The van der Waals surface area contributed by atoms with E-state index in [9.17, 15) is 9.59 Å². The Labute approximate surface area is 209 Å². The van der Waals surface area contributed by atoms with Crippen LogP contribution in [0.2, 0.25) is 5.02 Å². The number of esters is 1. The van der Waals surface area contributed by atoms with Crippen LogP contribution < -0.4 is 14.8 Å². The Morgan fingerprint density at radius 1 is 1.14 bits per heavy atom. The van der Waals surface area contributed by atoms with E-state index in [2.05, 4.69) is 17.4 Å². The molecule has 0 amide bonds. The van der Waals surface area contributed by atoms with Crippen molar-refractivity contribution in [2.45, 2.75) is 45.4 Å². The Kier molecular flexibility index (Phi) is 6.32. The van der Waals surface area contributed by atoms with Gasteiger partial charge in [0, 0.05) is 40.4 Å². The number of nitrogens with one attached hydrogen (secondary N) is 1. The molecule has 6 nitrogen and oxygen atoms in total. The molecule has 182 valence electrons. The van der Waals surface area contributed by atoms with Crippen molar-refractivity contribution in [3.05, 3.63) is 81.2 Å². The lowest BCUT2D eigenvalue weighted by Crippen LogP contribution is -2.36. The van der Waals surface area contributed by atoms with Gasteiger partial charge >= 0.3 is 5.97 Å². The summed E-state index contributed by atoms with van der Waals surface area (Å²) in [5.41, 5.74) is 4.21. The maximum absolute atomic E-state index is 13.7. The first-order valence-corrected chi connectivity index (χ1v) is 12.3. The summed E-state index contributed by atoms with van der Waals surface area (Å²) in [6.45, 7) is 6.20. The molecule has 2 aromatic carbocycles. The van der Waals surface area contributed by atoms with Gasteiger partial charge in [0.2, 0.25) is 6.79 Å². The minimum Gasteiger partial charge on any atom is -0.462 e. The minimum absolute atomic E-state index is 0.00649. The van der Waals surface area contributed by atoms with Gasteiger partial charge in [0.15, 0.2) is 17.3 Å². The third-order valence-electron chi connectivity index (χ3n) is 6.67. The number of Topliss-reactive ketones (excluding diaryl/α,β-unsaturated/α-hetero) is 1. The molecular formula is C28H28ClNO5. The van der Waals surface area contributed by atoms with E-state index in [1.54, 1.807) is 12.1 Å². The summed E-state index contributed by atoms with van der Waals surface area (Å²) < 4.78 is 16.7. The predicted octanol–water partition coefficient (Wildman–Crippen LogP) is 5.63. The molecule has 0 saturated heterocycles. The number of halogens is 1. The molecular weight excluding hydrogens is 466 g/mol. The summed E-state index contributed by atoms with van der Waals surface area (Å²) >= 11 is 6.73. The number of hydrogen-bond acceptors (Lipinski definition) is 6. The highest BCUT2D eigenvalue weighted by Gasteiger charge is 2.42. The largest absolute Gasteiger partial charge is 0.462 e. The first kappa shape index (κ1) is 23.5. The van der Waals surface area contributed by atoms with Crippen molar-refractivity contribution in [3.63, 3.8) is 0 Å². The molecule has 1 N–H and O–H groups in total. The first-order chi connectivity index (χ1) is 16.8. The highest BCUT2D eigenvalue weighted by atomic mass is 35.5. The normalized spacial score (nSPS) is 21.2. The van der Waals surface area contributed by atoms with E-state index in [1.165, 1.54) is 0 Å². The van der Waals surface area contributed by atoms with Crippen molar-refractivity contribution in [1.29, 1.82) is 0 Å². The predicted molar refractivity (Wildman–Crippen MR) is 132 cm³/mol. The molecule has 1 aliphatic carbocycles. The molecule has 5 rings (SSSR count). The Morgan fingerprint density at radius 3 is 2.57 bits per heavy atom. The first-order valence-electron chi connectivity index (χ1n) is 11.9. The van der Waals surface area contributed by atoms with Gasteiger partial charge in [-0.05, 0) is 42.4 Å². The number of ether oxygens (including phenoxy) is 3. The third kappa shape index (κ3) is 4.43. The van der Waals surface area contributed by atoms with Crippen molar-refractivity contribution >= 4 is 23.4 Å². The molecule has 0 radical (unpaired) electrons. The smallest absolute Gasteiger partial charge is 0.336 e. The second-order valence-corrected chi connectivity index (χ2v) is 10.1. The van der Waals surface area contributed by atoms with Gasteiger partial charge in [-0.1, -0.05) is 55.8 Å². The number of fused-ring (bicyclic) bond motifs is 1. The van der Waals surface area contributed by atoms with Crippen LogP contribution in [-0.4, -0.2) is 25.2 Å². The molecule has 2 atom stereocenters. The highest BCUT2D eigenvalue weighted by Crippen LogP contribution is 2.49. The zero-order valence-electron chi connectivity index (χ0n) is 20.0. The molecule has 35 heavy (non-hydrogen) atoms. The van der Waals surface area contributed by atoms with E-state index in [1.807, 2.05) is 39.0 Å². The van der Waals surface area contributed by atoms with Gasteiger partial charge in [0.05, 0.1) is 12.2 Å². The van der Waals surface area contributed by atoms with Crippen LogP contribution in [0.15, 0.2) is 65.0 Å². The molecule has 3 aliphatic rings. The Balaban J connectivity index is 1.61. The standard InChI is InChI=1S/C28H28ClNO5/c1-15(2)13-33-28(32)25-16(3)30-21-9-18(17-7-5-4-6-8-17)10-22(31)27(21)26(25)19-11-23-24(12-20(19)29)35-14-34-23/h4-8,11-12,15,18,26,30H,9-10,13-14H2,1-3H3/t18-,26+/m0/s1. The lowest BCUT2D eigenvalue weighted by molar-refractivity contribution is -0.140. The van der Waals surface area contributed by atoms with Crippen molar-refractivity contribution in [1.82, 2.24) is 5.32 Å². The number of carbonyl (C=O) groups is 2. The average Bonchev–Trinajstić information content (AvgIpc) is 3.28. The van der Waals surface area contributed by atoms with Crippen LogP contribution in [-0.2, 0) is 14.3 Å². The number of benzene rings is 2. The number of carbonyl (C=O) groups excluding carboxylic acids is 2. The number of hydrogen-bond donors (Lipinski definition) is 1. The third-order valence-corrected chi connectivity index (χ3v) is 7.00. The SMILES string of the molecule is CC1=C(C(=O)OCC(C)C)[C@@H](c2cc3c(cc2Cl)OCO3)C2=C(C[C@H](c3ccccc3)CC2=O)N1. The molecule has 0 saturated carbocycles. The maximum Gasteiger partial charge on any atom is 0.336 e. The fourth-order valence-electron chi connectivity index (χ4n) is 5.06. The van der Waals surface area contributed by atoms with Crippen LogP contribution in [0.3, 0.4) is 0 Å². The summed E-state index contributed by atoms with van der Waals surface area (Å²) in [7, 11) is 0. The van der Waals surface area contributed by atoms with Crippen molar-refractivity contribution in [3.8, 4) is 11.5 Å². The second-order valence-electron chi connectivity index (χ2n) is 9.65. The Bertz CT molecular complexity index is 1250. The highest BCUT2D eigenvalue weighted by molar-refractivity contribution is 6.32. The number of ketones is 1. The summed E-state index contributed by atoms with van der Waals surface area (Å²) in [5.74, 6) is 0.220. The molecule has 2 heterocycles. The number of rotatable bonds is 5. The van der Waals surface area contributed by atoms with Crippen molar-refractivity contribution < 1.29 is 23.8 Å². The van der Waals surface area contributed by atoms with Crippen LogP contribution in [0, 0.1) is 5.92 Å². The summed E-state index contributed by atoms with van der Waals surface area (Å²) in [5, 5.41) is 3.79. The second kappa shape index (κ2) is 9.42. The van der Waals surface area contributed by atoms with E-state index in [4.69, 9.17) is 25.8 Å². The summed E-state index contributed by atoms with van der Waals surface area (Å²) in [4.78, 5) is 27.1. The van der Waals surface area contributed by atoms with Gasteiger partial charge in [-0.2, -0.15) is 0 Å². The maximum atomic E-state index is 13.7. The number of dihydropyridines is 1. The van der Waals surface area contributed by atoms with Crippen molar-refractivity contribution in [2.75, 3.05) is 13.4 Å². The van der Waals surface area contributed by atoms with Gasteiger partial charge in [-0.3, -0.25) is 4.79 Å². The molecule has 0 aromatic heterocycles. The molecule has 0 unspecified atom stereocenters. The molecule has 2 aromatic rings. The van der Waals surface area contributed by atoms with Crippen LogP contribution in [0.25, 0.3) is 0 Å². The minimum atomic E-state index is -0.655. The quantitative estimate of drug-likeness (QED) is 0.544. The lowest BCUT2D eigenvalue weighted by atomic mass is 9.71. The number of allylic oxidation sites excluding steroid dienone is 3. The molecule has 2 aliphatic heterocycles. The van der Waals surface area contributed by atoms with E-state index < -0.39 is 11.9 Å². The van der Waals surface area contributed by atoms with Crippen molar-refractivity contribution in [2.24, 2.45) is 5.92 Å². The van der Waals surface area contributed by atoms with E-state index in [-0.39, 0.29) is 31.0 Å². The topological polar surface area (TPSA) is 73.9 Å². The fraction of sp³-hybridized carbons (Fsp3) is 0.357. The molecule has 0 fully saturated rings. The van der Waals surface area contributed by atoms with Gasteiger partial charge < -0.3 is 19.5 Å². The lowest BCUT2D eigenvalue weighted by Gasteiger charge is -2.37. The van der Waals surface area contributed by atoms with Gasteiger partial charge in [-0.25, -0.2) is 4.79 Å². The molecule has 7 heteroatoms. The average molecular weight is 494 g/mol. The summed E-state index contributed by atoms with van der Waals surface area (Å²) in [6, 6.07) is 13.5. The fourth-order valence-corrected chi connectivity index (χ4v) is 5.32. The van der Waals surface area contributed by atoms with Gasteiger partial charge in [-0.15, -0.1) is 0 Å². The van der Waals surface area contributed by atoms with Crippen LogP contribution in [0.4, 0.5) is 0 Å². The van der Waals surface area contributed by atoms with E-state index >= 15 is 0 Å².